The first-order valence-electron chi connectivity index (χ1n) is 8.85. The molecule has 5 heteroatoms. The lowest BCUT2D eigenvalue weighted by Crippen LogP contribution is -2.41. The van der Waals surface area contributed by atoms with Gasteiger partial charge in [-0.15, -0.1) is 0 Å². The highest BCUT2D eigenvalue weighted by molar-refractivity contribution is 6.30. The predicted molar refractivity (Wildman–Crippen MR) is 94.9 cm³/mol. The van der Waals surface area contributed by atoms with E-state index in [0.29, 0.717) is 11.6 Å². The summed E-state index contributed by atoms with van der Waals surface area (Å²) in [6.07, 6.45) is 7.25. The summed E-state index contributed by atoms with van der Waals surface area (Å²) in [5.41, 5.74) is 1.28. The van der Waals surface area contributed by atoms with Gasteiger partial charge >= 0.3 is 5.97 Å². The number of allylic oxidation sites excluding steroid dienone is 2. The van der Waals surface area contributed by atoms with Crippen molar-refractivity contribution in [3.05, 3.63) is 47.0 Å². The Bertz CT molecular complexity index is 723. The average molecular weight is 360 g/mol. The van der Waals surface area contributed by atoms with Gasteiger partial charge in [-0.3, -0.25) is 9.59 Å². The van der Waals surface area contributed by atoms with Crippen LogP contribution in [-0.2, 0) is 20.7 Å². The zero-order valence-corrected chi connectivity index (χ0v) is 15.0. The maximum atomic E-state index is 12.9. The maximum Gasteiger partial charge on any atom is 0.310 e. The first-order chi connectivity index (χ1) is 12.1. The van der Waals surface area contributed by atoms with Crippen LogP contribution in [0.5, 0.6) is 0 Å². The molecule has 4 rings (SSSR count). The average Bonchev–Trinajstić information content (AvgIpc) is 3.29. The van der Waals surface area contributed by atoms with Gasteiger partial charge in [0.2, 0.25) is 5.91 Å². The molecule has 0 aliphatic heterocycles. The van der Waals surface area contributed by atoms with Gasteiger partial charge in [0, 0.05) is 11.6 Å². The number of rotatable bonds is 5. The Kier molecular flexibility index (Phi) is 4.11. The molecule has 1 aromatic rings. The van der Waals surface area contributed by atoms with Gasteiger partial charge in [-0.1, -0.05) is 35.9 Å². The Morgan fingerprint density at radius 1 is 1.16 bits per heavy atom. The molecule has 0 radical (unpaired) electrons. The van der Waals surface area contributed by atoms with Gasteiger partial charge in [-0.05, 0) is 54.2 Å². The molecule has 1 spiro atoms. The summed E-state index contributed by atoms with van der Waals surface area (Å²) in [6.45, 7) is 0.555. The molecule has 132 valence electrons. The van der Waals surface area contributed by atoms with Crippen LogP contribution in [0.1, 0.15) is 18.4 Å². The van der Waals surface area contributed by atoms with Crippen molar-refractivity contribution in [1.29, 1.82) is 0 Å². The van der Waals surface area contributed by atoms with E-state index < -0.39 is 0 Å². The molecule has 4 atom stereocenters. The topological polar surface area (TPSA) is 55.4 Å². The Morgan fingerprint density at radius 2 is 1.80 bits per heavy atom. The van der Waals surface area contributed by atoms with E-state index in [4.69, 9.17) is 16.3 Å². The van der Waals surface area contributed by atoms with Crippen molar-refractivity contribution < 1.29 is 14.3 Å². The van der Waals surface area contributed by atoms with Crippen molar-refractivity contribution >= 4 is 23.5 Å². The molecule has 2 fully saturated rings. The monoisotopic (exact) mass is 359 g/mol. The Balaban J connectivity index is 1.43. The van der Waals surface area contributed by atoms with Crippen LogP contribution in [0, 0.1) is 29.1 Å². The van der Waals surface area contributed by atoms with Gasteiger partial charge in [0.05, 0.1) is 18.9 Å². The number of benzene rings is 1. The molecule has 1 N–H and O–H groups in total. The minimum atomic E-state index is -0.335. The molecule has 0 heterocycles. The lowest BCUT2D eigenvalue weighted by molar-refractivity contribution is -0.151. The van der Waals surface area contributed by atoms with Crippen molar-refractivity contribution in [3.63, 3.8) is 0 Å². The highest BCUT2D eigenvalue weighted by Crippen LogP contribution is 2.72. The molecular weight excluding hydrogens is 338 g/mol. The molecule has 0 saturated heterocycles. The van der Waals surface area contributed by atoms with E-state index in [1.54, 1.807) is 0 Å². The lowest BCUT2D eigenvalue weighted by Gasteiger charge is -2.24. The molecule has 1 amide bonds. The SMILES string of the molecule is COC(=O)[C@H]1[C@H](C(=O)NCCc2ccc(Cl)cc2)[C@@H]2C=C[C@H]1C21CC1. The Labute approximate surface area is 152 Å². The van der Waals surface area contributed by atoms with Crippen molar-refractivity contribution in [2.75, 3.05) is 13.7 Å². The predicted octanol–water partition coefficient (Wildman–Crippen LogP) is 3.00. The largest absolute Gasteiger partial charge is 0.469 e. The smallest absolute Gasteiger partial charge is 0.310 e. The number of methoxy groups -OCH3 is 1. The molecule has 0 aromatic heterocycles. The number of halogens is 1. The summed E-state index contributed by atoms with van der Waals surface area (Å²) in [7, 11) is 1.41. The van der Waals surface area contributed by atoms with Gasteiger partial charge in [0.25, 0.3) is 0 Å². The Morgan fingerprint density at radius 3 is 2.40 bits per heavy atom. The van der Waals surface area contributed by atoms with Gasteiger partial charge in [0.15, 0.2) is 0 Å². The summed E-state index contributed by atoms with van der Waals surface area (Å²) in [5.74, 6) is -0.559. The van der Waals surface area contributed by atoms with Gasteiger partial charge in [-0.2, -0.15) is 0 Å². The number of carbonyl (C=O) groups excluding carboxylic acids is 2. The minimum absolute atomic E-state index is 0.0208. The fourth-order valence-electron chi connectivity index (χ4n) is 4.91. The van der Waals surface area contributed by atoms with Crippen molar-refractivity contribution in [2.45, 2.75) is 19.3 Å². The van der Waals surface area contributed by atoms with E-state index in [-0.39, 0.29) is 41.0 Å². The zero-order chi connectivity index (χ0) is 17.6. The van der Waals surface area contributed by atoms with Crippen LogP contribution in [0.15, 0.2) is 36.4 Å². The van der Waals surface area contributed by atoms with Crippen LogP contribution in [0.3, 0.4) is 0 Å². The molecule has 0 unspecified atom stereocenters. The summed E-state index contributed by atoms with van der Waals surface area (Å²) in [4.78, 5) is 25.2. The van der Waals surface area contributed by atoms with E-state index >= 15 is 0 Å². The van der Waals surface area contributed by atoms with E-state index in [1.165, 1.54) is 7.11 Å². The second kappa shape index (κ2) is 6.17. The summed E-state index contributed by atoms with van der Waals surface area (Å²) in [6, 6.07) is 7.63. The molecule has 1 aromatic carbocycles. The molecule has 3 aliphatic rings. The van der Waals surface area contributed by atoms with Crippen molar-refractivity contribution in [3.8, 4) is 0 Å². The second-order valence-electron chi connectivity index (χ2n) is 7.41. The number of esters is 1. The number of amides is 1. The van der Waals surface area contributed by atoms with E-state index in [1.807, 2.05) is 24.3 Å². The van der Waals surface area contributed by atoms with Crippen molar-refractivity contribution in [2.24, 2.45) is 29.1 Å². The van der Waals surface area contributed by atoms with Crippen LogP contribution in [-0.4, -0.2) is 25.5 Å². The van der Waals surface area contributed by atoms with E-state index in [0.717, 1.165) is 24.8 Å². The number of ether oxygens (including phenoxy) is 1. The van der Waals surface area contributed by atoms with Gasteiger partial charge in [-0.25, -0.2) is 0 Å². The normalized spacial score (nSPS) is 30.5. The first kappa shape index (κ1) is 16.6. The molecule has 3 aliphatic carbocycles. The molecule has 25 heavy (non-hydrogen) atoms. The number of carbonyl (C=O) groups is 2. The fourth-order valence-corrected chi connectivity index (χ4v) is 5.04. The number of nitrogens with one attached hydrogen (secondary N) is 1. The summed E-state index contributed by atoms with van der Waals surface area (Å²) in [5, 5.41) is 3.74. The maximum absolute atomic E-state index is 12.9. The quantitative estimate of drug-likeness (QED) is 0.649. The first-order valence-corrected chi connectivity index (χ1v) is 9.23. The summed E-state index contributed by atoms with van der Waals surface area (Å²) < 4.78 is 5.01. The number of hydrogen-bond donors (Lipinski definition) is 1. The van der Waals surface area contributed by atoms with Gasteiger partial charge in [0.1, 0.15) is 0 Å². The standard InChI is InChI=1S/C20H22ClNO3/c1-25-19(24)17-15-7-6-14(20(15)9-10-20)16(17)18(23)22-11-8-12-2-4-13(21)5-3-12/h2-7,14-17H,8-11H2,1H3,(H,22,23)/t14-,15+,16+,17+/m0/s1. The van der Waals surface area contributed by atoms with Crippen LogP contribution in [0.25, 0.3) is 0 Å². The lowest BCUT2D eigenvalue weighted by atomic mass is 9.82. The highest BCUT2D eigenvalue weighted by atomic mass is 35.5. The number of hydrogen-bond acceptors (Lipinski definition) is 3. The highest BCUT2D eigenvalue weighted by Gasteiger charge is 2.70. The second-order valence-corrected chi connectivity index (χ2v) is 7.85. The molecule has 4 nitrogen and oxygen atoms in total. The fraction of sp³-hybridized carbons (Fsp3) is 0.500. The van der Waals surface area contributed by atoms with Crippen LogP contribution in [0.2, 0.25) is 5.02 Å². The van der Waals surface area contributed by atoms with Crippen molar-refractivity contribution in [1.82, 2.24) is 5.32 Å². The van der Waals surface area contributed by atoms with Crippen LogP contribution >= 0.6 is 11.6 Å². The van der Waals surface area contributed by atoms with Gasteiger partial charge < -0.3 is 10.1 Å². The van der Waals surface area contributed by atoms with E-state index in [9.17, 15) is 9.59 Å². The third-order valence-corrected chi connectivity index (χ3v) is 6.50. The molecule has 2 saturated carbocycles. The Hall–Kier alpha value is -1.81. The van der Waals surface area contributed by atoms with E-state index in [2.05, 4.69) is 17.5 Å². The summed E-state index contributed by atoms with van der Waals surface area (Å²) >= 11 is 5.89. The molecular formula is C20H22ClNO3. The molecule has 2 bridgehead atoms. The third-order valence-electron chi connectivity index (χ3n) is 6.24. The minimum Gasteiger partial charge on any atom is -0.469 e. The zero-order valence-electron chi connectivity index (χ0n) is 14.2. The van der Waals surface area contributed by atoms with Crippen LogP contribution in [0.4, 0.5) is 0 Å². The third kappa shape index (κ3) is 2.67. The van der Waals surface area contributed by atoms with Crippen LogP contribution < -0.4 is 5.32 Å².